The van der Waals surface area contributed by atoms with Gasteiger partial charge in [0.05, 0.1) is 22.9 Å². The van der Waals surface area contributed by atoms with Crippen LogP contribution in [0.4, 0.5) is 24.4 Å². The highest BCUT2D eigenvalue weighted by molar-refractivity contribution is 7.93. The summed E-state index contributed by atoms with van der Waals surface area (Å²) in [4.78, 5) is 17.1. The lowest BCUT2D eigenvalue weighted by Crippen LogP contribution is -2.44. The van der Waals surface area contributed by atoms with Gasteiger partial charge in [0.15, 0.2) is 10.3 Å². The molecule has 2 aromatic rings. The molecule has 1 aromatic carbocycles. The Morgan fingerprint density at radius 2 is 1.97 bits per heavy atom. The zero-order valence-electron chi connectivity index (χ0n) is 20.6. The Balaban J connectivity index is 1.76. The molecule has 36 heavy (non-hydrogen) atoms. The number of likely N-dealkylation sites (N-methyl/N-ethyl adjacent to an activating group) is 1. The molecule has 3 rings (SSSR count). The first kappa shape index (κ1) is 28.4. The van der Waals surface area contributed by atoms with Crippen LogP contribution in [0.25, 0.3) is 0 Å². The summed E-state index contributed by atoms with van der Waals surface area (Å²) in [5, 5.41) is 2.12. The van der Waals surface area contributed by atoms with Crippen molar-refractivity contribution < 1.29 is 26.7 Å². The van der Waals surface area contributed by atoms with Crippen LogP contribution >= 0.6 is 22.9 Å². The molecular formula is C23H31ClF2N4O4S2. The SMILES string of the molecule is CN(C(=O)OC(C)(C)C)[C@H](CNc1cc(F)c(S(=O)(=O)Nc2ncc(F)s2)cc1Cl)CC1CCCC1. The van der Waals surface area contributed by atoms with E-state index in [0.717, 1.165) is 50.4 Å². The van der Waals surface area contributed by atoms with Crippen molar-refractivity contribution in [2.45, 2.75) is 69.4 Å². The number of hydrogen-bond acceptors (Lipinski definition) is 7. The number of ether oxygens (including phenoxy) is 1. The highest BCUT2D eigenvalue weighted by Crippen LogP contribution is 2.32. The first-order valence-corrected chi connectivity index (χ1v) is 14.3. The fraction of sp³-hybridized carbons (Fsp3) is 0.565. The molecule has 0 spiro atoms. The second kappa shape index (κ2) is 11.5. The van der Waals surface area contributed by atoms with E-state index in [1.165, 1.54) is 4.90 Å². The highest BCUT2D eigenvalue weighted by atomic mass is 35.5. The van der Waals surface area contributed by atoms with E-state index in [1.54, 1.807) is 27.8 Å². The van der Waals surface area contributed by atoms with Gasteiger partial charge in [-0.25, -0.2) is 22.6 Å². The first-order valence-electron chi connectivity index (χ1n) is 11.6. The van der Waals surface area contributed by atoms with Gasteiger partial charge in [0.2, 0.25) is 0 Å². The van der Waals surface area contributed by atoms with E-state index in [0.29, 0.717) is 17.3 Å². The van der Waals surface area contributed by atoms with Crippen LogP contribution in [0, 0.1) is 16.9 Å². The van der Waals surface area contributed by atoms with Crippen molar-refractivity contribution in [2.75, 3.05) is 23.6 Å². The molecule has 1 fully saturated rings. The number of thiazole rings is 1. The number of carbonyl (C=O) groups is 1. The Morgan fingerprint density at radius 1 is 1.31 bits per heavy atom. The van der Waals surface area contributed by atoms with E-state index < -0.39 is 37.6 Å². The van der Waals surface area contributed by atoms with Gasteiger partial charge in [0, 0.05) is 13.6 Å². The monoisotopic (exact) mass is 564 g/mol. The van der Waals surface area contributed by atoms with Crippen molar-refractivity contribution in [3.05, 3.63) is 34.3 Å². The highest BCUT2D eigenvalue weighted by Gasteiger charge is 2.29. The van der Waals surface area contributed by atoms with E-state index in [2.05, 4.69) is 10.3 Å². The summed E-state index contributed by atoms with van der Waals surface area (Å²) in [5.41, 5.74) is -0.467. The van der Waals surface area contributed by atoms with Crippen LogP contribution in [0.15, 0.2) is 23.2 Å². The normalized spacial score (nSPS) is 15.5. The second-order valence-electron chi connectivity index (χ2n) is 9.85. The lowest BCUT2D eigenvalue weighted by molar-refractivity contribution is 0.0212. The van der Waals surface area contributed by atoms with Gasteiger partial charge in [-0.2, -0.15) is 4.39 Å². The van der Waals surface area contributed by atoms with Gasteiger partial charge in [0.1, 0.15) is 16.3 Å². The number of halogens is 3. The van der Waals surface area contributed by atoms with Crippen molar-refractivity contribution in [1.29, 1.82) is 0 Å². The fourth-order valence-electron chi connectivity index (χ4n) is 4.06. The van der Waals surface area contributed by atoms with Crippen molar-refractivity contribution in [3.63, 3.8) is 0 Å². The summed E-state index contributed by atoms with van der Waals surface area (Å²) in [7, 11) is -2.72. The number of rotatable bonds is 9. The fourth-order valence-corrected chi connectivity index (χ4v) is 6.23. The van der Waals surface area contributed by atoms with E-state index >= 15 is 0 Å². The van der Waals surface area contributed by atoms with Crippen LogP contribution in [-0.2, 0) is 14.8 Å². The molecule has 1 atom stereocenters. The smallest absolute Gasteiger partial charge is 0.410 e. The van der Waals surface area contributed by atoms with Crippen molar-refractivity contribution in [1.82, 2.24) is 9.88 Å². The molecule has 0 unspecified atom stereocenters. The summed E-state index contributed by atoms with van der Waals surface area (Å²) in [6, 6.07) is 1.71. The number of sulfonamides is 1. The predicted molar refractivity (Wildman–Crippen MR) is 137 cm³/mol. The number of carbonyl (C=O) groups excluding carboxylic acids is 1. The summed E-state index contributed by atoms with van der Waals surface area (Å²) in [6.45, 7) is 5.64. The Morgan fingerprint density at radius 3 is 2.56 bits per heavy atom. The lowest BCUT2D eigenvalue weighted by Gasteiger charge is -2.32. The third-order valence-electron chi connectivity index (χ3n) is 5.85. The van der Waals surface area contributed by atoms with Gasteiger partial charge in [-0.05, 0) is 45.2 Å². The Kier molecular flexibility index (Phi) is 9.05. The molecule has 0 radical (unpaired) electrons. The first-order chi connectivity index (χ1) is 16.7. The molecule has 1 saturated carbocycles. The third kappa shape index (κ3) is 7.66. The lowest BCUT2D eigenvalue weighted by atomic mass is 9.97. The molecule has 13 heteroatoms. The van der Waals surface area contributed by atoms with Crippen molar-refractivity contribution >= 4 is 49.9 Å². The quantitative estimate of drug-likeness (QED) is 0.381. The minimum atomic E-state index is -4.38. The molecule has 0 aliphatic heterocycles. The Bertz CT molecular complexity index is 1180. The molecule has 1 aromatic heterocycles. The number of hydrogen-bond donors (Lipinski definition) is 2. The zero-order valence-corrected chi connectivity index (χ0v) is 23.0. The number of nitrogens with one attached hydrogen (secondary N) is 2. The van der Waals surface area contributed by atoms with E-state index in [9.17, 15) is 22.0 Å². The molecule has 1 aliphatic rings. The van der Waals surface area contributed by atoms with Gasteiger partial charge in [-0.1, -0.05) is 48.6 Å². The van der Waals surface area contributed by atoms with Crippen LogP contribution < -0.4 is 10.0 Å². The Hall–Kier alpha value is -2.18. The van der Waals surface area contributed by atoms with E-state index in [1.807, 2.05) is 4.72 Å². The number of anilines is 2. The average Bonchev–Trinajstić information content (AvgIpc) is 3.42. The maximum Gasteiger partial charge on any atom is 0.410 e. The number of amides is 1. The third-order valence-corrected chi connectivity index (χ3v) is 8.34. The van der Waals surface area contributed by atoms with Gasteiger partial charge < -0.3 is 15.0 Å². The maximum atomic E-state index is 14.9. The molecule has 0 bridgehead atoms. The standard InChI is InChI=1S/C23H31ClF2N4O4S2/c1-23(2,3)34-22(31)30(4)15(9-14-7-5-6-8-14)12-27-18-11-17(25)19(10-16(18)24)36(32,33)29-21-28-13-20(26)35-21/h10-11,13-15,27H,5-9,12H2,1-4H3,(H,28,29)/t15-/m0/s1. The molecule has 1 aliphatic carbocycles. The Labute approximate surface area is 219 Å². The summed E-state index contributed by atoms with van der Waals surface area (Å²) >= 11 is 6.77. The summed E-state index contributed by atoms with van der Waals surface area (Å²) in [6.07, 6.45) is 5.59. The van der Waals surface area contributed by atoms with Crippen molar-refractivity contribution in [3.8, 4) is 0 Å². The molecule has 1 amide bonds. The van der Waals surface area contributed by atoms with Crippen LogP contribution in [0.2, 0.25) is 5.02 Å². The van der Waals surface area contributed by atoms with Gasteiger partial charge in [0.25, 0.3) is 10.0 Å². The topological polar surface area (TPSA) is 101 Å². The van der Waals surface area contributed by atoms with Crippen LogP contribution in [0.3, 0.4) is 0 Å². The van der Waals surface area contributed by atoms with Gasteiger partial charge in [-0.3, -0.25) is 4.72 Å². The zero-order chi connectivity index (χ0) is 26.7. The molecule has 2 N–H and O–H groups in total. The molecule has 1 heterocycles. The minimum absolute atomic E-state index is 0.0263. The van der Waals surface area contributed by atoms with Crippen LogP contribution in [0.1, 0.15) is 52.9 Å². The summed E-state index contributed by atoms with van der Waals surface area (Å²) in [5.74, 6) is -0.581. The maximum absolute atomic E-state index is 14.9. The molecule has 0 saturated heterocycles. The molecular weight excluding hydrogens is 534 g/mol. The largest absolute Gasteiger partial charge is 0.444 e. The van der Waals surface area contributed by atoms with Crippen LogP contribution in [0.5, 0.6) is 0 Å². The van der Waals surface area contributed by atoms with Crippen molar-refractivity contribution in [2.24, 2.45) is 5.92 Å². The molecule has 200 valence electrons. The van der Waals surface area contributed by atoms with Gasteiger partial charge in [-0.15, -0.1) is 0 Å². The van der Waals surface area contributed by atoms with E-state index in [-0.39, 0.29) is 28.4 Å². The van der Waals surface area contributed by atoms with Gasteiger partial charge >= 0.3 is 6.09 Å². The minimum Gasteiger partial charge on any atom is -0.444 e. The predicted octanol–water partition coefficient (Wildman–Crippen LogP) is 6.10. The number of nitrogens with zero attached hydrogens (tertiary/aromatic N) is 2. The average molecular weight is 565 g/mol. The van der Waals surface area contributed by atoms with E-state index in [4.69, 9.17) is 16.3 Å². The summed E-state index contributed by atoms with van der Waals surface area (Å²) < 4.78 is 60.8. The molecule has 8 nitrogen and oxygen atoms in total. The van der Waals surface area contributed by atoms with Crippen LogP contribution in [-0.4, -0.2) is 49.6 Å². The second-order valence-corrected chi connectivity index (χ2v) is 12.9. The number of benzene rings is 1. The number of aromatic nitrogens is 1.